The molecule has 0 aliphatic heterocycles. The number of hydrogen-bond acceptors (Lipinski definition) is 4. The van der Waals surface area contributed by atoms with Gasteiger partial charge < -0.3 is 10.2 Å². The fraction of sp³-hybridized carbons (Fsp3) is 0.333. The van der Waals surface area contributed by atoms with Crippen molar-refractivity contribution in [3.63, 3.8) is 0 Å². The van der Waals surface area contributed by atoms with E-state index >= 15 is 0 Å². The molecule has 38 heavy (non-hydrogen) atoms. The number of carbonyl (C=O) groups is 2. The van der Waals surface area contributed by atoms with Crippen molar-refractivity contribution in [2.45, 2.75) is 64.6 Å². The van der Waals surface area contributed by atoms with Crippen molar-refractivity contribution in [2.75, 3.05) is 10.8 Å². The third-order valence-corrected chi connectivity index (χ3v) is 8.49. The minimum absolute atomic E-state index is 0.0527. The maximum Gasteiger partial charge on any atom is 0.264 e. The lowest BCUT2D eigenvalue weighted by Crippen LogP contribution is -2.52. The number of carbonyl (C=O) groups excluding carboxylic acids is 2. The second kappa shape index (κ2) is 12.7. The number of nitrogens with one attached hydrogen (secondary N) is 1. The van der Waals surface area contributed by atoms with Gasteiger partial charge in [0.1, 0.15) is 12.6 Å². The van der Waals surface area contributed by atoms with E-state index in [9.17, 15) is 18.0 Å². The van der Waals surface area contributed by atoms with Crippen molar-refractivity contribution in [1.29, 1.82) is 0 Å². The van der Waals surface area contributed by atoms with E-state index in [2.05, 4.69) is 5.32 Å². The van der Waals surface area contributed by atoms with Crippen LogP contribution in [0.3, 0.4) is 0 Å². The normalized spacial score (nSPS) is 12.9. The van der Waals surface area contributed by atoms with Crippen LogP contribution in [0.2, 0.25) is 0 Å². The summed E-state index contributed by atoms with van der Waals surface area (Å²) in [6.45, 7) is 9.10. The monoisotopic (exact) mass is 535 g/mol. The Hall–Kier alpha value is -3.65. The number of aryl methyl sites for hydroxylation is 2. The first-order chi connectivity index (χ1) is 18.0. The van der Waals surface area contributed by atoms with E-state index in [1.165, 1.54) is 4.90 Å². The molecule has 0 saturated carbocycles. The van der Waals surface area contributed by atoms with Gasteiger partial charge in [0.25, 0.3) is 10.0 Å². The predicted octanol–water partition coefficient (Wildman–Crippen LogP) is 4.83. The zero-order chi connectivity index (χ0) is 27.9. The average molecular weight is 536 g/mol. The molecule has 0 aliphatic rings. The molecule has 0 aliphatic carbocycles. The smallest absolute Gasteiger partial charge is 0.264 e. The summed E-state index contributed by atoms with van der Waals surface area (Å²) in [5.41, 5.74) is 3.16. The number of nitrogens with zero attached hydrogens (tertiary/aromatic N) is 2. The molecular weight excluding hydrogens is 498 g/mol. The fourth-order valence-electron chi connectivity index (χ4n) is 3.98. The van der Waals surface area contributed by atoms with Crippen LogP contribution in [0.15, 0.2) is 83.8 Å². The summed E-state index contributed by atoms with van der Waals surface area (Å²) >= 11 is 0. The summed E-state index contributed by atoms with van der Waals surface area (Å²) in [6, 6.07) is 21.9. The van der Waals surface area contributed by atoms with Gasteiger partial charge in [-0.1, -0.05) is 67.1 Å². The Morgan fingerprint density at radius 2 is 1.47 bits per heavy atom. The number of sulfonamides is 1. The third kappa shape index (κ3) is 7.01. The lowest BCUT2D eigenvalue weighted by atomic mass is 10.1. The average Bonchev–Trinajstić information content (AvgIpc) is 2.91. The summed E-state index contributed by atoms with van der Waals surface area (Å²) < 4.78 is 28.7. The molecule has 0 saturated heterocycles. The number of anilines is 1. The standard InChI is InChI=1S/C30H37N3O4S/c1-6-24(4)31-30(35)25(5)32(20-26-13-11-10-12-23(26)3)29(34)21-33(27-14-8-7-9-15-27)38(36,37)28-18-16-22(2)17-19-28/h7-19,24-25H,6,20-21H2,1-5H3,(H,31,35)/t24-,25-/m1/s1. The highest BCUT2D eigenvalue weighted by atomic mass is 32.2. The van der Waals surface area contributed by atoms with E-state index in [-0.39, 0.29) is 23.4 Å². The molecule has 2 atom stereocenters. The highest BCUT2D eigenvalue weighted by Gasteiger charge is 2.32. The molecule has 0 spiro atoms. The molecule has 8 heteroatoms. The van der Waals surface area contributed by atoms with Crippen LogP contribution in [0.25, 0.3) is 0 Å². The van der Waals surface area contributed by atoms with E-state index in [0.29, 0.717) is 5.69 Å². The first kappa shape index (κ1) is 28.9. The Kier molecular flexibility index (Phi) is 9.69. The van der Waals surface area contributed by atoms with Crippen LogP contribution in [0, 0.1) is 13.8 Å². The highest BCUT2D eigenvalue weighted by Crippen LogP contribution is 2.25. The molecule has 7 nitrogen and oxygen atoms in total. The SMILES string of the molecule is CC[C@@H](C)NC(=O)[C@@H](C)N(Cc1ccccc1C)C(=O)CN(c1ccccc1)S(=O)(=O)c1ccc(C)cc1. The summed E-state index contributed by atoms with van der Waals surface area (Å²) in [5, 5.41) is 2.95. The second-order valence-electron chi connectivity index (χ2n) is 9.60. The minimum atomic E-state index is -4.06. The number of amides is 2. The molecular formula is C30H37N3O4S. The maximum absolute atomic E-state index is 13.9. The Morgan fingerprint density at radius 1 is 0.868 bits per heavy atom. The van der Waals surface area contributed by atoms with Gasteiger partial charge in [-0.25, -0.2) is 8.42 Å². The van der Waals surface area contributed by atoms with Crippen LogP contribution in [0.1, 0.15) is 43.9 Å². The number of benzene rings is 3. The van der Waals surface area contributed by atoms with Crippen LogP contribution in [-0.2, 0) is 26.2 Å². The van der Waals surface area contributed by atoms with E-state index in [0.717, 1.165) is 27.4 Å². The third-order valence-electron chi connectivity index (χ3n) is 6.70. The zero-order valence-corrected chi connectivity index (χ0v) is 23.5. The van der Waals surface area contributed by atoms with Crippen LogP contribution in [0.4, 0.5) is 5.69 Å². The summed E-state index contributed by atoms with van der Waals surface area (Å²) in [4.78, 5) is 28.6. The first-order valence-electron chi connectivity index (χ1n) is 12.8. The van der Waals surface area contributed by atoms with Crippen LogP contribution in [-0.4, -0.2) is 43.8 Å². The van der Waals surface area contributed by atoms with Gasteiger partial charge in [0, 0.05) is 12.6 Å². The molecule has 202 valence electrons. The second-order valence-corrected chi connectivity index (χ2v) is 11.5. The quantitative estimate of drug-likeness (QED) is 0.381. The Balaban J connectivity index is 2.01. The molecule has 0 heterocycles. The van der Waals surface area contributed by atoms with Crippen molar-refractivity contribution in [1.82, 2.24) is 10.2 Å². The van der Waals surface area contributed by atoms with Crippen LogP contribution < -0.4 is 9.62 Å². The van der Waals surface area contributed by atoms with Gasteiger partial charge in [0.2, 0.25) is 11.8 Å². The van der Waals surface area contributed by atoms with Crippen molar-refractivity contribution in [3.05, 3.63) is 95.6 Å². The van der Waals surface area contributed by atoms with Gasteiger partial charge in [-0.2, -0.15) is 0 Å². The number of rotatable bonds is 11. The van der Waals surface area contributed by atoms with Crippen molar-refractivity contribution >= 4 is 27.5 Å². The summed E-state index contributed by atoms with van der Waals surface area (Å²) in [7, 11) is -4.06. The van der Waals surface area contributed by atoms with E-state index in [4.69, 9.17) is 0 Å². The molecule has 0 bridgehead atoms. The molecule has 3 aromatic rings. The Bertz CT molecular complexity index is 1340. The van der Waals surface area contributed by atoms with Crippen molar-refractivity contribution < 1.29 is 18.0 Å². The molecule has 0 aromatic heterocycles. The molecule has 0 radical (unpaired) electrons. The minimum Gasteiger partial charge on any atom is -0.352 e. The topological polar surface area (TPSA) is 86.8 Å². The number of hydrogen-bond donors (Lipinski definition) is 1. The Morgan fingerprint density at radius 3 is 2.08 bits per heavy atom. The van der Waals surface area contributed by atoms with Crippen molar-refractivity contribution in [2.24, 2.45) is 0 Å². The molecule has 1 N–H and O–H groups in total. The van der Waals surface area contributed by atoms with Gasteiger partial charge in [0.05, 0.1) is 10.6 Å². The van der Waals surface area contributed by atoms with Crippen molar-refractivity contribution in [3.8, 4) is 0 Å². The summed E-state index contributed by atoms with van der Waals surface area (Å²) in [5.74, 6) is -0.756. The lowest BCUT2D eigenvalue weighted by molar-refractivity contribution is -0.139. The van der Waals surface area contributed by atoms with Gasteiger partial charge in [0.15, 0.2) is 0 Å². The van der Waals surface area contributed by atoms with Gasteiger partial charge >= 0.3 is 0 Å². The lowest BCUT2D eigenvalue weighted by Gasteiger charge is -2.32. The zero-order valence-electron chi connectivity index (χ0n) is 22.7. The molecule has 3 aromatic carbocycles. The Labute approximate surface area is 226 Å². The summed E-state index contributed by atoms with van der Waals surface area (Å²) in [6.07, 6.45) is 0.751. The molecule has 2 amide bonds. The van der Waals surface area contributed by atoms with Crippen LogP contribution in [0.5, 0.6) is 0 Å². The van der Waals surface area contributed by atoms with E-state index in [1.54, 1.807) is 61.5 Å². The first-order valence-corrected chi connectivity index (χ1v) is 14.3. The molecule has 0 unspecified atom stereocenters. The van der Waals surface area contributed by atoms with Crippen LogP contribution >= 0.6 is 0 Å². The predicted molar refractivity (Wildman–Crippen MR) is 151 cm³/mol. The van der Waals surface area contributed by atoms with Gasteiger partial charge in [-0.3, -0.25) is 13.9 Å². The maximum atomic E-state index is 13.9. The number of para-hydroxylation sites is 1. The van der Waals surface area contributed by atoms with Gasteiger partial charge in [-0.15, -0.1) is 0 Å². The van der Waals surface area contributed by atoms with Gasteiger partial charge in [-0.05, 0) is 69.5 Å². The molecule has 3 rings (SSSR count). The molecule has 0 fully saturated rings. The van der Waals surface area contributed by atoms with E-state index < -0.39 is 28.5 Å². The highest BCUT2D eigenvalue weighted by molar-refractivity contribution is 7.92. The van der Waals surface area contributed by atoms with E-state index in [1.807, 2.05) is 52.0 Å². The largest absolute Gasteiger partial charge is 0.352 e. The fourth-order valence-corrected chi connectivity index (χ4v) is 5.39.